The molecule has 5 heteroatoms. The summed E-state index contributed by atoms with van der Waals surface area (Å²) < 4.78 is 4.58. The molecule has 1 aromatic rings. The second-order valence-electron chi connectivity index (χ2n) is 4.31. The zero-order chi connectivity index (χ0) is 14.3. The molecule has 0 spiro atoms. The van der Waals surface area contributed by atoms with E-state index in [1.165, 1.54) is 7.11 Å². The first-order valence-corrected chi connectivity index (χ1v) is 6.28. The van der Waals surface area contributed by atoms with Crippen molar-refractivity contribution >= 4 is 17.7 Å². The summed E-state index contributed by atoms with van der Waals surface area (Å²) >= 11 is 0. The van der Waals surface area contributed by atoms with Gasteiger partial charge in [0.15, 0.2) is 0 Å². The van der Waals surface area contributed by atoms with Gasteiger partial charge in [-0.2, -0.15) is 0 Å². The quantitative estimate of drug-likeness (QED) is 0.801. The van der Waals surface area contributed by atoms with E-state index in [0.717, 1.165) is 17.7 Å². The number of benzene rings is 1. The SMILES string of the molecule is CCc1cccc(NC(=O)NC[C@H](C)C(=O)OC)c1. The number of carbonyl (C=O) groups is 2. The average molecular weight is 264 g/mol. The molecule has 0 fully saturated rings. The lowest BCUT2D eigenvalue weighted by Crippen LogP contribution is -2.35. The number of ether oxygens (including phenoxy) is 1. The summed E-state index contributed by atoms with van der Waals surface area (Å²) in [6.07, 6.45) is 0.913. The molecule has 0 aliphatic carbocycles. The molecular formula is C14H20N2O3. The number of carbonyl (C=O) groups excluding carboxylic acids is 2. The number of methoxy groups -OCH3 is 1. The van der Waals surface area contributed by atoms with Gasteiger partial charge in [0.2, 0.25) is 0 Å². The number of anilines is 1. The molecule has 0 aliphatic rings. The van der Waals surface area contributed by atoms with Gasteiger partial charge in [0.05, 0.1) is 13.0 Å². The lowest BCUT2D eigenvalue weighted by atomic mass is 10.1. The van der Waals surface area contributed by atoms with Crippen LogP contribution in [0.5, 0.6) is 0 Å². The molecule has 0 heterocycles. The first-order valence-electron chi connectivity index (χ1n) is 6.28. The molecule has 2 amide bonds. The molecular weight excluding hydrogens is 244 g/mol. The third-order valence-electron chi connectivity index (χ3n) is 2.77. The van der Waals surface area contributed by atoms with Crippen molar-refractivity contribution < 1.29 is 14.3 Å². The van der Waals surface area contributed by atoms with E-state index in [4.69, 9.17) is 0 Å². The van der Waals surface area contributed by atoms with Crippen LogP contribution >= 0.6 is 0 Å². The van der Waals surface area contributed by atoms with Crippen molar-refractivity contribution in [1.82, 2.24) is 5.32 Å². The van der Waals surface area contributed by atoms with Crippen LogP contribution in [-0.2, 0) is 16.0 Å². The number of urea groups is 1. The Morgan fingerprint density at radius 1 is 1.37 bits per heavy atom. The van der Waals surface area contributed by atoms with E-state index in [0.29, 0.717) is 0 Å². The van der Waals surface area contributed by atoms with E-state index in [9.17, 15) is 9.59 Å². The van der Waals surface area contributed by atoms with Crippen LogP contribution in [-0.4, -0.2) is 25.7 Å². The lowest BCUT2D eigenvalue weighted by Gasteiger charge is -2.11. The van der Waals surface area contributed by atoms with Crippen LogP contribution < -0.4 is 10.6 Å². The van der Waals surface area contributed by atoms with Gasteiger partial charge in [0.1, 0.15) is 0 Å². The highest BCUT2D eigenvalue weighted by atomic mass is 16.5. The van der Waals surface area contributed by atoms with Gasteiger partial charge in [0.25, 0.3) is 0 Å². The summed E-state index contributed by atoms with van der Waals surface area (Å²) in [6, 6.07) is 7.31. The van der Waals surface area contributed by atoms with E-state index in [1.54, 1.807) is 6.92 Å². The van der Waals surface area contributed by atoms with E-state index < -0.39 is 0 Å². The summed E-state index contributed by atoms with van der Waals surface area (Å²) in [7, 11) is 1.33. The van der Waals surface area contributed by atoms with Crippen molar-refractivity contribution in [1.29, 1.82) is 0 Å². The standard InChI is InChI=1S/C14H20N2O3/c1-4-11-6-5-7-12(8-11)16-14(18)15-9-10(2)13(17)19-3/h5-8,10H,4,9H2,1-3H3,(H2,15,16,18)/t10-/m0/s1. The second-order valence-corrected chi connectivity index (χ2v) is 4.31. The third-order valence-corrected chi connectivity index (χ3v) is 2.77. The fourth-order valence-corrected chi connectivity index (χ4v) is 1.57. The summed E-state index contributed by atoms with van der Waals surface area (Å²) in [6.45, 7) is 3.99. The Labute approximate surface area is 113 Å². The van der Waals surface area contributed by atoms with Gasteiger partial charge < -0.3 is 15.4 Å². The maximum absolute atomic E-state index is 11.7. The van der Waals surface area contributed by atoms with Gasteiger partial charge >= 0.3 is 12.0 Å². The van der Waals surface area contributed by atoms with Gasteiger partial charge in [-0.15, -0.1) is 0 Å². The normalized spacial score (nSPS) is 11.5. The van der Waals surface area contributed by atoms with Crippen LogP contribution in [0, 0.1) is 5.92 Å². The van der Waals surface area contributed by atoms with Crippen molar-refractivity contribution in [3.63, 3.8) is 0 Å². The molecule has 2 N–H and O–H groups in total. The second kappa shape index (κ2) is 7.41. The molecule has 1 aromatic carbocycles. The number of nitrogens with one attached hydrogen (secondary N) is 2. The fraction of sp³-hybridized carbons (Fsp3) is 0.429. The van der Waals surface area contributed by atoms with Crippen LogP contribution in [0.1, 0.15) is 19.4 Å². The summed E-state index contributed by atoms with van der Waals surface area (Å²) in [5.74, 6) is -0.703. The number of amides is 2. The van der Waals surface area contributed by atoms with Crippen LogP contribution in [0.3, 0.4) is 0 Å². The van der Waals surface area contributed by atoms with Crippen molar-refractivity contribution in [2.45, 2.75) is 20.3 Å². The number of rotatable bonds is 5. The molecule has 104 valence electrons. The zero-order valence-electron chi connectivity index (χ0n) is 11.5. The first-order chi connectivity index (χ1) is 9.06. The van der Waals surface area contributed by atoms with Crippen molar-refractivity contribution in [2.24, 2.45) is 5.92 Å². The highest BCUT2D eigenvalue weighted by Crippen LogP contribution is 2.10. The number of esters is 1. The van der Waals surface area contributed by atoms with Gasteiger partial charge in [-0.1, -0.05) is 26.0 Å². The Bertz CT molecular complexity index is 446. The van der Waals surface area contributed by atoms with Gasteiger partial charge in [-0.05, 0) is 24.1 Å². The predicted molar refractivity (Wildman–Crippen MR) is 74.0 cm³/mol. The molecule has 5 nitrogen and oxygen atoms in total. The van der Waals surface area contributed by atoms with Crippen molar-refractivity contribution in [2.75, 3.05) is 19.0 Å². The largest absolute Gasteiger partial charge is 0.469 e. The molecule has 0 bridgehead atoms. The van der Waals surface area contributed by atoms with Crippen molar-refractivity contribution in [3.05, 3.63) is 29.8 Å². The summed E-state index contributed by atoms with van der Waals surface area (Å²) in [5.41, 5.74) is 1.89. The van der Waals surface area contributed by atoms with Crippen LogP contribution in [0.2, 0.25) is 0 Å². The molecule has 0 saturated carbocycles. The molecule has 1 rings (SSSR count). The smallest absolute Gasteiger partial charge is 0.319 e. The van der Waals surface area contributed by atoms with Gasteiger partial charge in [0, 0.05) is 12.2 Å². The molecule has 0 aromatic heterocycles. The van der Waals surface area contributed by atoms with E-state index >= 15 is 0 Å². The summed E-state index contributed by atoms with van der Waals surface area (Å²) in [4.78, 5) is 22.8. The Hall–Kier alpha value is -2.04. The highest BCUT2D eigenvalue weighted by molar-refractivity contribution is 5.89. The van der Waals surface area contributed by atoms with Gasteiger partial charge in [-0.3, -0.25) is 4.79 Å². The highest BCUT2D eigenvalue weighted by Gasteiger charge is 2.13. The molecule has 19 heavy (non-hydrogen) atoms. The Balaban J connectivity index is 2.44. The Kier molecular flexibility index (Phi) is 5.85. The monoisotopic (exact) mass is 264 g/mol. The number of aryl methyl sites for hydroxylation is 1. The molecule has 0 radical (unpaired) electrons. The van der Waals surface area contributed by atoms with Crippen LogP contribution in [0.15, 0.2) is 24.3 Å². The maximum Gasteiger partial charge on any atom is 0.319 e. The molecule has 0 unspecified atom stereocenters. The van der Waals surface area contributed by atoms with Gasteiger partial charge in [-0.25, -0.2) is 4.79 Å². The van der Waals surface area contributed by atoms with E-state index in [-0.39, 0.29) is 24.5 Å². The minimum Gasteiger partial charge on any atom is -0.469 e. The average Bonchev–Trinajstić information content (AvgIpc) is 2.44. The van der Waals surface area contributed by atoms with Crippen LogP contribution in [0.25, 0.3) is 0 Å². The molecule has 0 saturated heterocycles. The Morgan fingerprint density at radius 3 is 2.74 bits per heavy atom. The Morgan fingerprint density at radius 2 is 2.11 bits per heavy atom. The zero-order valence-corrected chi connectivity index (χ0v) is 11.5. The number of hydrogen-bond acceptors (Lipinski definition) is 3. The van der Waals surface area contributed by atoms with E-state index in [2.05, 4.69) is 22.3 Å². The maximum atomic E-state index is 11.7. The first kappa shape index (κ1) is 15.0. The van der Waals surface area contributed by atoms with Crippen molar-refractivity contribution in [3.8, 4) is 0 Å². The molecule has 0 aliphatic heterocycles. The van der Waals surface area contributed by atoms with E-state index in [1.807, 2.05) is 24.3 Å². The number of hydrogen-bond donors (Lipinski definition) is 2. The predicted octanol–water partition coefficient (Wildman–Crippen LogP) is 2.18. The molecule has 1 atom stereocenters. The topological polar surface area (TPSA) is 67.4 Å². The summed E-state index contributed by atoms with van der Waals surface area (Å²) in [5, 5.41) is 5.36. The lowest BCUT2D eigenvalue weighted by molar-refractivity contribution is -0.144. The minimum atomic E-state index is -0.363. The fourth-order valence-electron chi connectivity index (χ4n) is 1.57. The van der Waals surface area contributed by atoms with Crippen LogP contribution in [0.4, 0.5) is 10.5 Å². The third kappa shape index (κ3) is 4.99. The minimum absolute atomic E-state index is 0.242.